The molecule has 0 spiro atoms. The first-order chi connectivity index (χ1) is 11.7. The van der Waals surface area contributed by atoms with E-state index in [1.165, 1.54) is 10.7 Å². The van der Waals surface area contributed by atoms with Gasteiger partial charge in [0.05, 0.1) is 12.8 Å². The number of carbonyl (C=O) groups is 1. The standard InChI is InChI=1S/C19H16N2O3/c1-24-16-9-5-8-15(12-16)17-10-11-19(23)21(20-17)13-18(22)14-6-3-2-4-7-14/h2-12H,13H2,1H3. The van der Waals surface area contributed by atoms with Gasteiger partial charge in [-0.25, -0.2) is 4.68 Å². The van der Waals surface area contributed by atoms with Gasteiger partial charge >= 0.3 is 0 Å². The Morgan fingerprint density at radius 3 is 2.58 bits per heavy atom. The first-order valence-electron chi connectivity index (χ1n) is 7.48. The van der Waals surface area contributed by atoms with Crippen LogP contribution in [0.2, 0.25) is 0 Å². The van der Waals surface area contributed by atoms with Crippen molar-refractivity contribution in [1.29, 1.82) is 0 Å². The topological polar surface area (TPSA) is 61.2 Å². The van der Waals surface area contributed by atoms with E-state index in [0.717, 1.165) is 5.56 Å². The molecule has 3 rings (SSSR count). The van der Waals surface area contributed by atoms with Crippen molar-refractivity contribution in [3.63, 3.8) is 0 Å². The van der Waals surface area contributed by atoms with Crippen molar-refractivity contribution < 1.29 is 9.53 Å². The van der Waals surface area contributed by atoms with Gasteiger partial charge in [0.15, 0.2) is 5.78 Å². The molecule has 5 nitrogen and oxygen atoms in total. The van der Waals surface area contributed by atoms with Gasteiger partial charge in [0.25, 0.3) is 5.56 Å². The van der Waals surface area contributed by atoms with E-state index in [2.05, 4.69) is 5.10 Å². The molecular formula is C19H16N2O3. The van der Waals surface area contributed by atoms with Crippen LogP contribution < -0.4 is 10.3 Å². The molecule has 120 valence electrons. The molecular weight excluding hydrogens is 304 g/mol. The van der Waals surface area contributed by atoms with E-state index < -0.39 is 0 Å². The molecule has 0 amide bonds. The Labute approximate surface area is 139 Å². The van der Waals surface area contributed by atoms with Gasteiger partial charge < -0.3 is 4.74 Å². The number of Topliss-reactive ketones (excluding diaryl/α,β-unsaturated/α-hetero) is 1. The lowest BCUT2D eigenvalue weighted by Gasteiger charge is -2.08. The van der Waals surface area contributed by atoms with Gasteiger partial charge in [0.2, 0.25) is 0 Å². The summed E-state index contributed by atoms with van der Waals surface area (Å²) in [5.41, 5.74) is 1.66. The minimum absolute atomic E-state index is 0.0966. The zero-order valence-corrected chi connectivity index (χ0v) is 13.2. The third-order valence-corrected chi connectivity index (χ3v) is 3.62. The summed E-state index contributed by atoms with van der Waals surface area (Å²) in [7, 11) is 1.59. The second kappa shape index (κ2) is 6.91. The quantitative estimate of drug-likeness (QED) is 0.678. The van der Waals surface area contributed by atoms with E-state index in [9.17, 15) is 9.59 Å². The van der Waals surface area contributed by atoms with Gasteiger partial charge in [-0.05, 0) is 18.2 Å². The highest BCUT2D eigenvalue weighted by Gasteiger charge is 2.10. The Bertz CT molecular complexity index is 917. The summed E-state index contributed by atoms with van der Waals surface area (Å²) in [6, 6.07) is 19.3. The van der Waals surface area contributed by atoms with Gasteiger partial charge in [0, 0.05) is 17.2 Å². The largest absolute Gasteiger partial charge is 0.497 e. The molecule has 0 atom stereocenters. The van der Waals surface area contributed by atoms with Crippen LogP contribution in [0.15, 0.2) is 71.5 Å². The molecule has 0 N–H and O–H groups in total. The predicted octanol–water partition coefficient (Wildman–Crippen LogP) is 2.80. The number of hydrogen-bond donors (Lipinski definition) is 0. The van der Waals surface area contributed by atoms with Gasteiger partial charge in [0.1, 0.15) is 12.3 Å². The highest BCUT2D eigenvalue weighted by Crippen LogP contribution is 2.21. The van der Waals surface area contributed by atoms with Crippen LogP contribution in [-0.2, 0) is 6.54 Å². The summed E-state index contributed by atoms with van der Waals surface area (Å²) >= 11 is 0. The molecule has 3 aromatic rings. The van der Waals surface area contributed by atoms with Crippen LogP contribution in [0.1, 0.15) is 10.4 Å². The van der Waals surface area contributed by atoms with Gasteiger partial charge in [-0.2, -0.15) is 5.10 Å². The molecule has 24 heavy (non-hydrogen) atoms. The minimum atomic E-state index is -0.314. The number of hydrogen-bond acceptors (Lipinski definition) is 4. The zero-order valence-electron chi connectivity index (χ0n) is 13.2. The number of benzene rings is 2. The van der Waals surface area contributed by atoms with Crippen LogP contribution in [0, 0.1) is 0 Å². The fourth-order valence-corrected chi connectivity index (χ4v) is 2.35. The molecule has 0 aliphatic rings. The Kier molecular flexibility index (Phi) is 4.52. The van der Waals surface area contributed by atoms with Gasteiger partial charge in [-0.15, -0.1) is 0 Å². The van der Waals surface area contributed by atoms with Crippen molar-refractivity contribution in [2.75, 3.05) is 7.11 Å². The summed E-state index contributed by atoms with van der Waals surface area (Å²) in [5, 5.41) is 4.31. The van der Waals surface area contributed by atoms with Crippen LogP contribution in [0.25, 0.3) is 11.3 Å². The number of carbonyl (C=O) groups excluding carboxylic acids is 1. The fourth-order valence-electron chi connectivity index (χ4n) is 2.35. The van der Waals surface area contributed by atoms with Crippen LogP contribution in [0.5, 0.6) is 5.75 Å². The average Bonchev–Trinajstić information content (AvgIpc) is 2.64. The van der Waals surface area contributed by atoms with Crippen molar-refractivity contribution in [3.05, 3.63) is 82.6 Å². The number of rotatable bonds is 5. The lowest BCUT2D eigenvalue weighted by molar-refractivity contribution is 0.0966. The van der Waals surface area contributed by atoms with E-state index in [0.29, 0.717) is 17.0 Å². The van der Waals surface area contributed by atoms with E-state index in [-0.39, 0.29) is 17.9 Å². The summed E-state index contributed by atoms with van der Waals surface area (Å²) in [5.74, 6) is 0.542. The number of ketones is 1. The Balaban J connectivity index is 1.92. The summed E-state index contributed by atoms with van der Waals surface area (Å²) < 4.78 is 6.39. The van der Waals surface area contributed by atoms with Crippen molar-refractivity contribution in [2.24, 2.45) is 0 Å². The first-order valence-corrected chi connectivity index (χ1v) is 7.48. The molecule has 2 aromatic carbocycles. The van der Waals surface area contributed by atoms with Crippen LogP contribution >= 0.6 is 0 Å². The molecule has 5 heteroatoms. The van der Waals surface area contributed by atoms with Crippen LogP contribution in [0.4, 0.5) is 0 Å². The Morgan fingerprint density at radius 1 is 1.04 bits per heavy atom. The minimum Gasteiger partial charge on any atom is -0.497 e. The lowest BCUT2D eigenvalue weighted by Crippen LogP contribution is -2.26. The van der Waals surface area contributed by atoms with E-state index in [1.54, 1.807) is 37.4 Å². The normalized spacial score (nSPS) is 10.4. The van der Waals surface area contributed by atoms with Crippen molar-refractivity contribution in [2.45, 2.75) is 6.54 Å². The van der Waals surface area contributed by atoms with E-state index in [1.807, 2.05) is 30.3 Å². The lowest BCUT2D eigenvalue weighted by atomic mass is 10.1. The Morgan fingerprint density at radius 2 is 1.83 bits per heavy atom. The molecule has 1 heterocycles. The van der Waals surface area contributed by atoms with E-state index in [4.69, 9.17) is 4.74 Å². The maximum absolute atomic E-state index is 12.3. The highest BCUT2D eigenvalue weighted by molar-refractivity contribution is 5.95. The fraction of sp³-hybridized carbons (Fsp3) is 0.105. The third kappa shape index (κ3) is 3.41. The monoisotopic (exact) mass is 320 g/mol. The number of nitrogens with zero attached hydrogens (tertiary/aromatic N) is 2. The molecule has 0 saturated carbocycles. The van der Waals surface area contributed by atoms with Crippen LogP contribution in [0.3, 0.4) is 0 Å². The molecule has 0 saturated heterocycles. The average molecular weight is 320 g/mol. The molecule has 0 radical (unpaired) electrons. The second-order valence-corrected chi connectivity index (χ2v) is 5.24. The highest BCUT2D eigenvalue weighted by atomic mass is 16.5. The number of aromatic nitrogens is 2. The SMILES string of the molecule is COc1cccc(-c2ccc(=O)n(CC(=O)c3ccccc3)n2)c1. The second-order valence-electron chi connectivity index (χ2n) is 5.24. The summed E-state index contributed by atoms with van der Waals surface area (Å²) in [6.45, 7) is -0.0966. The maximum atomic E-state index is 12.3. The van der Waals surface area contributed by atoms with Gasteiger partial charge in [-0.1, -0.05) is 42.5 Å². The molecule has 0 bridgehead atoms. The maximum Gasteiger partial charge on any atom is 0.267 e. The molecule has 1 aromatic heterocycles. The van der Waals surface area contributed by atoms with E-state index >= 15 is 0 Å². The third-order valence-electron chi connectivity index (χ3n) is 3.62. The summed E-state index contributed by atoms with van der Waals surface area (Å²) in [4.78, 5) is 24.3. The Hall–Kier alpha value is -3.21. The molecule has 0 fully saturated rings. The van der Waals surface area contributed by atoms with Crippen molar-refractivity contribution in [1.82, 2.24) is 9.78 Å². The summed E-state index contributed by atoms with van der Waals surface area (Å²) in [6.07, 6.45) is 0. The van der Waals surface area contributed by atoms with Crippen LogP contribution in [-0.4, -0.2) is 22.7 Å². The molecule has 0 unspecified atom stereocenters. The van der Waals surface area contributed by atoms with Gasteiger partial charge in [-0.3, -0.25) is 9.59 Å². The smallest absolute Gasteiger partial charge is 0.267 e. The predicted molar refractivity (Wildman–Crippen MR) is 91.3 cm³/mol. The zero-order chi connectivity index (χ0) is 16.9. The number of methoxy groups -OCH3 is 1. The number of ether oxygens (including phenoxy) is 1. The molecule has 0 aliphatic heterocycles. The van der Waals surface area contributed by atoms with Crippen molar-refractivity contribution >= 4 is 5.78 Å². The molecule has 0 aliphatic carbocycles. The van der Waals surface area contributed by atoms with Crippen molar-refractivity contribution in [3.8, 4) is 17.0 Å². The first kappa shape index (κ1) is 15.7.